The molecule has 15 heavy (non-hydrogen) atoms. The van der Waals surface area contributed by atoms with Gasteiger partial charge >= 0.3 is 6.18 Å². The second-order valence-electron chi connectivity index (χ2n) is 2.73. The molecule has 0 saturated heterocycles. The van der Waals surface area contributed by atoms with Gasteiger partial charge in [-0.1, -0.05) is 6.07 Å². The zero-order valence-corrected chi connectivity index (χ0v) is 9.42. The van der Waals surface area contributed by atoms with Crippen LogP contribution in [0.4, 0.5) is 13.2 Å². The first-order valence-electron chi connectivity index (χ1n) is 3.70. The number of rotatable bonds is 1. The number of hydrogen-bond donors (Lipinski definition) is 1. The monoisotopic (exact) mass is 262 g/mol. The molecule has 1 aromatic heterocycles. The van der Waals surface area contributed by atoms with E-state index < -0.39 is 17.9 Å². The minimum absolute atomic E-state index is 0. The van der Waals surface area contributed by atoms with E-state index in [1.807, 2.05) is 0 Å². The lowest BCUT2D eigenvalue weighted by Crippen LogP contribution is -2.16. The summed E-state index contributed by atoms with van der Waals surface area (Å²) in [6.45, 7) is 1.49. The normalized spacial score (nSPS) is 12.3. The molecular formula is C8H11Cl2F3N2. The lowest BCUT2D eigenvalue weighted by atomic mass is 10.1. The molecule has 0 unspecified atom stereocenters. The second kappa shape index (κ2) is 6.15. The quantitative estimate of drug-likeness (QED) is 0.845. The highest BCUT2D eigenvalue weighted by molar-refractivity contribution is 5.85. The lowest BCUT2D eigenvalue weighted by molar-refractivity contribution is -0.142. The summed E-state index contributed by atoms with van der Waals surface area (Å²) in [6.07, 6.45) is -3.32. The van der Waals surface area contributed by atoms with Crippen LogP contribution in [-0.2, 0) is 6.18 Å². The van der Waals surface area contributed by atoms with Gasteiger partial charge in [-0.3, -0.25) is 4.98 Å². The number of pyridine rings is 1. The van der Waals surface area contributed by atoms with Gasteiger partial charge in [0.1, 0.15) is 5.69 Å². The van der Waals surface area contributed by atoms with Crippen LogP contribution in [0.25, 0.3) is 0 Å². The highest BCUT2D eigenvalue weighted by Gasteiger charge is 2.35. The number of nitrogens with two attached hydrogens (primary N) is 1. The predicted molar refractivity (Wildman–Crippen MR) is 56.3 cm³/mol. The van der Waals surface area contributed by atoms with Gasteiger partial charge in [0, 0.05) is 12.2 Å². The molecule has 7 heteroatoms. The Bertz CT molecular complexity index is 302. The van der Waals surface area contributed by atoms with E-state index in [0.29, 0.717) is 0 Å². The third kappa shape index (κ3) is 4.24. The van der Waals surface area contributed by atoms with E-state index >= 15 is 0 Å². The Morgan fingerprint density at radius 2 is 1.87 bits per heavy atom. The van der Waals surface area contributed by atoms with E-state index in [1.165, 1.54) is 19.1 Å². The van der Waals surface area contributed by atoms with Gasteiger partial charge in [0.05, 0.1) is 0 Å². The molecule has 0 radical (unpaired) electrons. The molecule has 1 rings (SSSR count). The first kappa shape index (κ1) is 16.9. The molecule has 88 valence electrons. The zero-order chi connectivity index (χ0) is 10.1. The summed E-state index contributed by atoms with van der Waals surface area (Å²) in [5, 5.41) is 0. The molecule has 0 aliphatic heterocycles. The zero-order valence-electron chi connectivity index (χ0n) is 7.78. The van der Waals surface area contributed by atoms with Gasteiger partial charge in [-0.2, -0.15) is 13.2 Å². The van der Waals surface area contributed by atoms with Crippen LogP contribution in [0.1, 0.15) is 24.2 Å². The van der Waals surface area contributed by atoms with Crippen molar-refractivity contribution < 1.29 is 13.2 Å². The van der Waals surface area contributed by atoms with E-state index in [9.17, 15) is 13.2 Å². The standard InChI is InChI=1S/C8H9F3N2.2ClH/c1-5(12)6-3-2-4-13-7(6)8(9,10)11;;/h2-5H,12H2,1H3;2*1H/t5-;;/m0../s1. The maximum absolute atomic E-state index is 12.3. The maximum Gasteiger partial charge on any atom is 0.433 e. The van der Waals surface area contributed by atoms with Crippen LogP contribution in [0.5, 0.6) is 0 Å². The number of aromatic nitrogens is 1. The van der Waals surface area contributed by atoms with Gasteiger partial charge < -0.3 is 5.73 Å². The molecule has 0 aliphatic rings. The fourth-order valence-electron chi connectivity index (χ4n) is 1.02. The third-order valence-electron chi connectivity index (χ3n) is 1.60. The fourth-order valence-corrected chi connectivity index (χ4v) is 1.02. The minimum Gasteiger partial charge on any atom is -0.324 e. The third-order valence-corrected chi connectivity index (χ3v) is 1.60. The van der Waals surface area contributed by atoms with Crippen molar-refractivity contribution in [3.05, 3.63) is 29.6 Å². The smallest absolute Gasteiger partial charge is 0.324 e. The Morgan fingerprint density at radius 1 is 1.33 bits per heavy atom. The molecule has 0 spiro atoms. The van der Waals surface area contributed by atoms with Gasteiger partial charge in [-0.15, -0.1) is 24.8 Å². The first-order valence-corrected chi connectivity index (χ1v) is 3.70. The molecule has 1 aromatic rings. The van der Waals surface area contributed by atoms with E-state index in [0.717, 1.165) is 6.20 Å². The fraction of sp³-hybridized carbons (Fsp3) is 0.375. The van der Waals surface area contributed by atoms with Gasteiger partial charge in [-0.25, -0.2) is 0 Å². The number of nitrogens with zero attached hydrogens (tertiary/aromatic N) is 1. The minimum atomic E-state index is -4.43. The molecule has 2 N–H and O–H groups in total. The van der Waals surface area contributed by atoms with Gasteiger partial charge in [0.25, 0.3) is 0 Å². The summed E-state index contributed by atoms with van der Waals surface area (Å²) in [4.78, 5) is 3.27. The summed E-state index contributed by atoms with van der Waals surface area (Å²) in [6, 6.07) is 2.11. The molecule has 0 saturated carbocycles. The summed E-state index contributed by atoms with van der Waals surface area (Å²) >= 11 is 0. The molecule has 2 nitrogen and oxygen atoms in total. The van der Waals surface area contributed by atoms with Crippen molar-refractivity contribution >= 4 is 24.8 Å². The average Bonchev–Trinajstić information content (AvgIpc) is 2.03. The molecule has 0 aromatic carbocycles. The van der Waals surface area contributed by atoms with E-state index in [2.05, 4.69) is 4.98 Å². The second-order valence-corrected chi connectivity index (χ2v) is 2.73. The summed E-state index contributed by atoms with van der Waals surface area (Å²) in [5.74, 6) is 0. The van der Waals surface area contributed by atoms with Crippen molar-refractivity contribution in [2.45, 2.75) is 19.1 Å². The number of halogens is 5. The predicted octanol–water partition coefficient (Wildman–Crippen LogP) is 2.96. The van der Waals surface area contributed by atoms with Crippen molar-refractivity contribution in [2.75, 3.05) is 0 Å². The Morgan fingerprint density at radius 3 is 2.20 bits per heavy atom. The van der Waals surface area contributed by atoms with Crippen molar-refractivity contribution in [3.63, 3.8) is 0 Å². The Balaban J connectivity index is 0. The van der Waals surface area contributed by atoms with E-state index in [4.69, 9.17) is 5.73 Å². The van der Waals surface area contributed by atoms with E-state index in [-0.39, 0.29) is 30.4 Å². The summed E-state index contributed by atoms with van der Waals surface area (Å²) in [7, 11) is 0. The number of alkyl halides is 3. The first-order chi connectivity index (χ1) is 5.93. The van der Waals surface area contributed by atoms with Gasteiger partial charge in [-0.05, 0) is 18.6 Å². The lowest BCUT2D eigenvalue weighted by Gasteiger charge is -2.13. The van der Waals surface area contributed by atoms with Crippen LogP contribution in [0.15, 0.2) is 18.3 Å². The Labute approximate surface area is 97.9 Å². The molecule has 1 atom stereocenters. The van der Waals surface area contributed by atoms with Crippen LogP contribution < -0.4 is 5.73 Å². The van der Waals surface area contributed by atoms with Crippen LogP contribution >= 0.6 is 24.8 Å². The van der Waals surface area contributed by atoms with E-state index in [1.54, 1.807) is 0 Å². The van der Waals surface area contributed by atoms with Gasteiger partial charge in [0.15, 0.2) is 0 Å². The highest BCUT2D eigenvalue weighted by Crippen LogP contribution is 2.31. The molecule has 1 heterocycles. The summed E-state index contributed by atoms with van der Waals surface area (Å²) in [5.41, 5.74) is 4.50. The molecule has 0 bridgehead atoms. The molecular weight excluding hydrogens is 252 g/mol. The van der Waals surface area contributed by atoms with Crippen LogP contribution in [0.2, 0.25) is 0 Å². The van der Waals surface area contributed by atoms with Crippen LogP contribution in [0.3, 0.4) is 0 Å². The van der Waals surface area contributed by atoms with Crippen LogP contribution in [0, 0.1) is 0 Å². The number of hydrogen-bond acceptors (Lipinski definition) is 2. The van der Waals surface area contributed by atoms with Crippen LogP contribution in [-0.4, -0.2) is 4.98 Å². The molecule has 0 amide bonds. The maximum atomic E-state index is 12.3. The average molecular weight is 263 g/mol. The SMILES string of the molecule is C[C@H](N)c1cccnc1C(F)(F)F.Cl.Cl. The van der Waals surface area contributed by atoms with Crippen molar-refractivity contribution in [3.8, 4) is 0 Å². The van der Waals surface area contributed by atoms with Gasteiger partial charge in [0.2, 0.25) is 0 Å². The Hall–Kier alpha value is -0.520. The van der Waals surface area contributed by atoms with Crippen molar-refractivity contribution in [1.82, 2.24) is 4.98 Å². The van der Waals surface area contributed by atoms with Crippen molar-refractivity contribution in [1.29, 1.82) is 0 Å². The largest absolute Gasteiger partial charge is 0.433 e. The Kier molecular flexibility index (Phi) is 6.92. The molecule has 0 fully saturated rings. The van der Waals surface area contributed by atoms with Crippen molar-refractivity contribution in [2.24, 2.45) is 5.73 Å². The topological polar surface area (TPSA) is 38.9 Å². The highest BCUT2D eigenvalue weighted by atomic mass is 35.5. The molecule has 0 aliphatic carbocycles. The summed E-state index contributed by atoms with van der Waals surface area (Å²) < 4.78 is 36.9.